The van der Waals surface area contributed by atoms with Crippen LogP contribution in [0.1, 0.15) is 51.8 Å². The minimum Gasteiger partial charge on any atom is -0.497 e. The minimum absolute atomic E-state index is 0.0776. The molecule has 1 aliphatic heterocycles. The van der Waals surface area contributed by atoms with Gasteiger partial charge in [-0.1, -0.05) is 38.4 Å². The first kappa shape index (κ1) is 36.6. The SMILES string of the molecule is COc1ccc(CNc2cnnc3cc(-c4cc(Cl)c(OCCO[Si](C)(C)C(C)(C)C)cc4-c4ccn(C5CCCCO5)n4)ccc23)c(OC)c1. The van der Waals surface area contributed by atoms with Gasteiger partial charge in [0.1, 0.15) is 30.1 Å². The number of aromatic nitrogens is 4. The maximum atomic E-state index is 6.93. The summed E-state index contributed by atoms with van der Waals surface area (Å²) in [5.41, 5.74) is 6.12. The topological polar surface area (TPSA) is 102 Å². The number of ether oxygens (including phenoxy) is 4. The zero-order valence-electron chi connectivity index (χ0n) is 30.6. The Balaban J connectivity index is 1.30. The number of rotatable bonds is 13. The van der Waals surface area contributed by atoms with Gasteiger partial charge >= 0.3 is 0 Å². The molecule has 0 radical (unpaired) electrons. The number of hydrogen-bond acceptors (Lipinski definition) is 9. The standard InChI is InChI=1S/C39H48ClN5O5Si/c1-39(2,3)51(6,7)50-19-18-48-37-23-31(33-15-16-45(44-33)38-10-8-9-17-49-38)30(22-32(37)40)26-12-14-29-34(20-26)43-42-25-35(29)41-24-27-11-13-28(46-4)21-36(27)47-5/h11-16,20-23,25,38H,8-10,17-19,24H2,1-7H3,(H,41,43). The molecular formula is C39H48ClN5O5Si. The third-order valence-corrected chi connectivity index (χ3v) is 14.8. The van der Waals surface area contributed by atoms with E-state index in [2.05, 4.69) is 61.5 Å². The summed E-state index contributed by atoms with van der Waals surface area (Å²) >= 11 is 6.93. The smallest absolute Gasteiger partial charge is 0.192 e. The van der Waals surface area contributed by atoms with Crippen LogP contribution in [0.25, 0.3) is 33.3 Å². The zero-order valence-corrected chi connectivity index (χ0v) is 32.3. The molecule has 3 heterocycles. The Hall–Kier alpha value is -4.16. The summed E-state index contributed by atoms with van der Waals surface area (Å²) in [6, 6.07) is 17.9. The molecule has 1 saturated heterocycles. The molecule has 3 aromatic carbocycles. The molecule has 5 aromatic rings. The van der Waals surface area contributed by atoms with Crippen molar-refractivity contribution in [3.05, 3.63) is 77.6 Å². The van der Waals surface area contributed by atoms with E-state index in [1.807, 2.05) is 53.3 Å². The quantitative estimate of drug-likeness (QED) is 0.0938. The van der Waals surface area contributed by atoms with Crippen molar-refractivity contribution < 1.29 is 23.4 Å². The van der Waals surface area contributed by atoms with Crippen molar-refractivity contribution in [2.45, 2.75) is 70.9 Å². The second-order valence-electron chi connectivity index (χ2n) is 14.3. The molecule has 1 fully saturated rings. The van der Waals surface area contributed by atoms with Gasteiger partial charge in [0.25, 0.3) is 0 Å². The van der Waals surface area contributed by atoms with Gasteiger partial charge in [0.05, 0.1) is 48.9 Å². The van der Waals surface area contributed by atoms with E-state index in [-0.39, 0.29) is 11.3 Å². The molecule has 10 nitrogen and oxygen atoms in total. The molecule has 6 rings (SSSR count). The second kappa shape index (κ2) is 15.6. The van der Waals surface area contributed by atoms with Gasteiger partial charge in [-0.2, -0.15) is 15.3 Å². The summed E-state index contributed by atoms with van der Waals surface area (Å²) in [7, 11) is 1.39. The number of hydrogen-bond donors (Lipinski definition) is 1. The van der Waals surface area contributed by atoms with Crippen molar-refractivity contribution in [3.8, 4) is 39.6 Å². The Labute approximate surface area is 306 Å². The molecule has 1 N–H and O–H groups in total. The number of benzene rings is 3. The molecule has 1 aliphatic rings. The Morgan fingerprint density at radius 1 is 0.961 bits per heavy atom. The molecule has 270 valence electrons. The fourth-order valence-electron chi connectivity index (χ4n) is 5.91. The van der Waals surface area contributed by atoms with Crippen molar-refractivity contribution in [1.29, 1.82) is 0 Å². The highest BCUT2D eigenvalue weighted by atomic mass is 35.5. The van der Waals surface area contributed by atoms with Crippen LogP contribution in [0.4, 0.5) is 5.69 Å². The van der Waals surface area contributed by atoms with Crippen LogP contribution in [0.3, 0.4) is 0 Å². The fourth-order valence-corrected chi connectivity index (χ4v) is 7.16. The third kappa shape index (κ3) is 8.33. The highest BCUT2D eigenvalue weighted by Crippen LogP contribution is 2.41. The first-order chi connectivity index (χ1) is 24.5. The van der Waals surface area contributed by atoms with Gasteiger partial charge in [-0.15, -0.1) is 0 Å². The lowest BCUT2D eigenvalue weighted by atomic mass is 9.96. The summed E-state index contributed by atoms with van der Waals surface area (Å²) < 4.78 is 31.5. The third-order valence-electron chi connectivity index (χ3n) is 9.93. The molecular weight excluding hydrogens is 682 g/mol. The molecule has 12 heteroatoms. The predicted molar refractivity (Wildman–Crippen MR) is 206 cm³/mol. The molecule has 0 aliphatic carbocycles. The van der Waals surface area contributed by atoms with Crippen molar-refractivity contribution >= 4 is 36.5 Å². The van der Waals surface area contributed by atoms with E-state index in [4.69, 9.17) is 40.1 Å². The monoisotopic (exact) mass is 729 g/mol. The van der Waals surface area contributed by atoms with Gasteiger partial charge in [0, 0.05) is 41.9 Å². The van der Waals surface area contributed by atoms with Crippen LogP contribution in [-0.2, 0) is 15.7 Å². The number of methoxy groups -OCH3 is 2. The summed E-state index contributed by atoms with van der Waals surface area (Å²) in [4.78, 5) is 0. The van der Waals surface area contributed by atoms with Crippen LogP contribution in [-0.4, -0.2) is 62.3 Å². The van der Waals surface area contributed by atoms with Crippen LogP contribution in [0.5, 0.6) is 17.2 Å². The average Bonchev–Trinajstić information content (AvgIpc) is 3.63. The first-order valence-electron chi connectivity index (χ1n) is 17.5. The largest absolute Gasteiger partial charge is 0.497 e. The number of nitrogens with zero attached hydrogens (tertiary/aromatic N) is 4. The summed E-state index contributed by atoms with van der Waals surface area (Å²) in [6.07, 6.45) is 6.77. The Morgan fingerprint density at radius 3 is 2.55 bits per heavy atom. The highest BCUT2D eigenvalue weighted by molar-refractivity contribution is 6.74. The van der Waals surface area contributed by atoms with Crippen LogP contribution >= 0.6 is 11.6 Å². The predicted octanol–water partition coefficient (Wildman–Crippen LogP) is 9.54. The molecule has 0 saturated carbocycles. The molecule has 1 atom stereocenters. The summed E-state index contributed by atoms with van der Waals surface area (Å²) in [6.45, 7) is 13.3. The molecule has 0 bridgehead atoms. The molecule has 0 amide bonds. The van der Waals surface area contributed by atoms with E-state index in [1.165, 1.54) is 0 Å². The number of nitrogens with one attached hydrogen (secondary N) is 1. The van der Waals surface area contributed by atoms with Crippen LogP contribution in [0.2, 0.25) is 23.2 Å². The highest BCUT2D eigenvalue weighted by Gasteiger charge is 2.37. The van der Waals surface area contributed by atoms with Crippen LogP contribution < -0.4 is 19.5 Å². The summed E-state index contributed by atoms with van der Waals surface area (Å²) in [5.74, 6) is 2.06. The number of anilines is 1. The van der Waals surface area contributed by atoms with Crippen molar-refractivity contribution in [3.63, 3.8) is 0 Å². The normalized spacial score (nSPS) is 15.2. The van der Waals surface area contributed by atoms with Crippen LogP contribution in [0, 0.1) is 0 Å². The lowest BCUT2D eigenvalue weighted by Crippen LogP contribution is -2.41. The fraction of sp³-hybridized carbons (Fsp3) is 0.410. The molecule has 0 spiro atoms. The molecule has 51 heavy (non-hydrogen) atoms. The van der Waals surface area contributed by atoms with E-state index in [9.17, 15) is 0 Å². The van der Waals surface area contributed by atoms with Crippen molar-refractivity contribution in [2.75, 3.05) is 39.4 Å². The van der Waals surface area contributed by atoms with E-state index >= 15 is 0 Å². The van der Waals surface area contributed by atoms with Crippen molar-refractivity contribution in [2.24, 2.45) is 0 Å². The lowest BCUT2D eigenvalue weighted by Gasteiger charge is -2.36. The van der Waals surface area contributed by atoms with E-state index in [0.717, 1.165) is 81.9 Å². The maximum absolute atomic E-state index is 6.93. The second-order valence-corrected chi connectivity index (χ2v) is 19.5. The Kier molecular flexibility index (Phi) is 11.2. The Morgan fingerprint density at radius 2 is 1.80 bits per heavy atom. The minimum atomic E-state index is -1.91. The number of halogens is 1. The van der Waals surface area contributed by atoms with Crippen LogP contribution in [0.15, 0.2) is 67.0 Å². The first-order valence-corrected chi connectivity index (χ1v) is 20.7. The maximum Gasteiger partial charge on any atom is 0.192 e. The molecule has 1 unspecified atom stereocenters. The van der Waals surface area contributed by atoms with Crippen molar-refractivity contribution in [1.82, 2.24) is 20.0 Å². The number of fused-ring (bicyclic) bond motifs is 1. The van der Waals surface area contributed by atoms with Gasteiger partial charge < -0.3 is 28.7 Å². The van der Waals surface area contributed by atoms with E-state index in [0.29, 0.717) is 30.5 Å². The van der Waals surface area contributed by atoms with E-state index in [1.54, 1.807) is 20.4 Å². The van der Waals surface area contributed by atoms with Gasteiger partial charge in [-0.3, -0.25) is 0 Å². The van der Waals surface area contributed by atoms with Gasteiger partial charge in [0.15, 0.2) is 8.32 Å². The van der Waals surface area contributed by atoms with Gasteiger partial charge in [-0.05, 0) is 91.0 Å². The summed E-state index contributed by atoms with van der Waals surface area (Å²) in [5, 5.41) is 18.9. The zero-order chi connectivity index (χ0) is 36.2. The van der Waals surface area contributed by atoms with Gasteiger partial charge in [0.2, 0.25) is 0 Å². The molecule has 2 aromatic heterocycles. The average molecular weight is 730 g/mol. The van der Waals surface area contributed by atoms with Gasteiger partial charge in [-0.25, -0.2) is 4.68 Å². The van der Waals surface area contributed by atoms with E-state index < -0.39 is 8.32 Å². The lowest BCUT2D eigenvalue weighted by molar-refractivity contribution is -0.0393. The Bertz CT molecular complexity index is 1970.